The van der Waals surface area contributed by atoms with Gasteiger partial charge in [-0.25, -0.2) is 9.79 Å². The zero-order chi connectivity index (χ0) is 26.3. The molecule has 0 saturated carbocycles. The van der Waals surface area contributed by atoms with Gasteiger partial charge in [0.25, 0.3) is 0 Å². The molecule has 1 aliphatic rings. The Labute approximate surface area is 210 Å². The van der Waals surface area contributed by atoms with Gasteiger partial charge in [0.2, 0.25) is 11.4 Å². The molecule has 0 spiro atoms. The maximum Gasteiger partial charge on any atom is 0.336 e. The minimum Gasteiger partial charge on any atom is -0.497 e. The topological polar surface area (TPSA) is 124 Å². The van der Waals surface area contributed by atoms with Crippen molar-refractivity contribution in [3.05, 3.63) is 59.7 Å². The highest BCUT2D eigenvalue weighted by Crippen LogP contribution is 2.44. The first kappa shape index (κ1) is 27.0. The fourth-order valence-corrected chi connectivity index (χ4v) is 3.84. The molecule has 3 rings (SSSR count). The zero-order valence-electron chi connectivity index (χ0n) is 21.0. The minimum atomic E-state index is -1.76. The van der Waals surface area contributed by atoms with Crippen LogP contribution in [0.2, 0.25) is 0 Å². The van der Waals surface area contributed by atoms with Crippen molar-refractivity contribution in [2.75, 3.05) is 20.3 Å². The summed E-state index contributed by atoms with van der Waals surface area (Å²) in [7, 11) is 1.52. The van der Waals surface area contributed by atoms with Gasteiger partial charge in [0.05, 0.1) is 13.7 Å². The van der Waals surface area contributed by atoms with Crippen LogP contribution in [0.25, 0.3) is 0 Å². The van der Waals surface area contributed by atoms with Crippen LogP contribution >= 0.6 is 0 Å². The van der Waals surface area contributed by atoms with Gasteiger partial charge in [-0.1, -0.05) is 12.1 Å². The third-order valence-electron chi connectivity index (χ3n) is 5.53. The van der Waals surface area contributed by atoms with Crippen molar-refractivity contribution in [2.24, 2.45) is 4.99 Å². The Balaban J connectivity index is 1.95. The number of benzene rings is 2. The number of carbonyl (C=O) groups excluding carboxylic acids is 1. The zero-order valence-corrected chi connectivity index (χ0v) is 21.0. The normalized spacial score (nSPS) is 19.2. The van der Waals surface area contributed by atoms with E-state index in [-0.39, 0.29) is 25.3 Å². The number of rotatable bonds is 11. The largest absolute Gasteiger partial charge is 0.497 e. The van der Waals surface area contributed by atoms with E-state index in [0.29, 0.717) is 35.7 Å². The molecule has 9 heteroatoms. The fourth-order valence-electron chi connectivity index (χ4n) is 3.84. The molecule has 1 heterocycles. The third-order valence-corrected chi connectivity index (χ3v) is 5.53. The first-order chi connectivity index (χ1) is 17.1. The predicted molar refractivity (Wildman–Crippen MR) is 132 cm³/mol. The fraction of sp³-hybridized carbons (Fsp3) is 0.444. The van der Waals surface area contributed by atoms with Gasteiger partial charge in [-0.15, -0.1) is 0 Å². The molecule has 2 aromatic rings. The lowest BCUT2D eigenvalue weighted by Gasteiger charge is -2.28. The SMILES string of the molecule is COc1cccc([C@H]2OC(c3ccc(OCCCO)cc3)=N[C@@]2(CCC(=O)OC(C)(C)C)C(=O)O)c1. The van der Waals surface area contributed by atoms with Crippen molar-refractivity contribution in [3.63, 3.8) is 0 Å². The van der Waals surface area contributed by atoms with Crippen LogP contribution in [0.3, 0.4) is 0 Å². The number of carbonyl (C=O) groups is 2. The molecule has 9 nitrogen and oxygen atoms in total. The number of hydrogen-bond acceptors (Lipinski definition) is 8. The van der Waals surface area contributed by atoms with E-state index >= 15 is 0 Å². The van der Waals surface area contributed by atoms with Crippen molar-refractivity contribution in [1.82, 2.24) is 0 Å². The molecule has 2 N–H and O–H groups in total. The number of aliphatic carboxylic acids is 1. The number of methoxy groups -OCH3 is 1. The van der Waals surface area contributed by atoms with E-state index < -0.39 is 29.2 Å². The van der Waals surface area contributed by atoms with Gasteiger partial charge in [0, 0.05) is 25.0 Å². The molecule has 36 heavy (non-hydrogen) atoms. The Bertz CT molecular complexity index is 1090. The smallest absolute Gasteiger partial charge is 0.336 e. The standard InChI is InChI=1S/C27H33NO8/c1-26(2,3)36-22(30)13-14-27(25(31)32)23(19-7-5-8-21(17-19)33-4)35-24(28-27)18-9-11-20(12-10-18)34-16-6-15-29/h5,7-12,17,23,29H,6,13-16H2,1-4H3,(H,31,32)/t23-,27-/m1/s1. The number of carboxylic acid groups (broad SMARTS) is 1. The molecule has 0 bridgehead atoms. The predicted octanol–water partition coefficient (Wildman–Crippen LogP) is 3.92. The summed E-state index contributed by atoms with van der Waals surface area (Å²) in [5, 5.41) is 19.3. The maximum atomic E-state index is 12.7. The van der Waals surface area contributed by atoms with E-state index in [4.69, 9.17) is 24.1 Å². The monoisotopic (exact) mass is 499 g/mol. The van der Waals surface area contributed by atoms with Gasteiger partial charge in [-0.05, 0) is 69.2 Å². The first-order valence-corrected chi connectivity index (χ1v) is 11.8. The van der Waals surface area contributed by atoms with Crippen molar-refractivity contribution in [3.8, 4) is 11.5 Å². The lowest BCUT2D eigenvalue weighted by molar-refractivity contribution is -0.156. The molecule has 2 atom stereocenters. The summed E-state index contributed by atoms with van der Waals surface area (Å²) in [4.78, 5) is 29.7. The van der Waals surface area contributed by atoms with Crippen LogP contribution in [0.5, 0.6) is 11.5 Å². The van der Waals surface area contributed by atoms with Gasteiger partial charge in [-0.3, -0.25) is 4.79 Å². The summed E-state index contributed by atoms with van der Waals surface area (Å²) in [6.07, 6.45) is -0.756. The number of carboxylic acids is 1. The first-order valence-electron chi connectivity index (χ1n) is 11.8. The maximum absolute atomic E-state index is 12.7. The number of aliphatic imine (C=N–C) groups is 1. The Hall–Kier alpha value is -3.59. The van der Waals surface area contributed by atoms with Gasteiger partial charge in [-0.2, -0.15) is 0 Å². The molecule has 1 aliphatic heterocycles. The molecule has 2 aromatic carbocycles. The molecule has 0 aliphatic carbocycles. The summed E-state index contributed by atoms with van der Waals surface area (Å²) in [6.45, 7) is 5.67. The Morgan fingerprint density at radius 1 is 1.11 bits per heavy atom. The van der Waals surface area contributed by atoms with Crippen molar-refractivity contribution < 1.29 is 38.7 Å². The quantitative estimate of drug-likeness (QED) is 0.352. The molecule has 0 amide bonds. The van der Waals surface area contributed by atoms with Crippen LogP contribution in [0.4, 0.5) is 0 Å². The van der Waals surface area contributed by atoms with Gasteiger partial charge in [0.15, 0.2) is 6.10 Å². The number of aliphatic hydroxyl groups excluding tert-OH is 1. The van der Waals surface area contributed by atoms with Gasteiger partial charge in [0.1, 0.15) is 17.1 Å². The molecule has 0 radical (unpaired) electrons. The van der Waals surface area contributed by atoms with E-state index in [9.17, 15) is 14.7 Å². The van der Waals surface area contributed by atoms with Crippen LogP contribution in [-0.4, -0.2) is 59.5 Å². The average Bonchev–Trinajstić information content (AvgIpc) is 3.23. The number of ether oxygens (including phenoxy) is 4. The van der Waals surface area contributed by atoms with E-state index in [1.807, 2.05) is 0 Å². The number of nitrogens with zero attached hydrogens (tertiary/aromatic N) is 1. The second-order valence-corrected chi connectivity index (χ2v) is 9.46. The summed E-state index contributed by atoms with van der Waals surface area (Å²) < 4.78 is 22.4. The second-order valence-electron chi connectivity index (χ2n) is 9.46. The molecule has 0 unspecified atom stereocenters. The van der Waals surface area contributed by atoms with Gasteiger partial charge >= 0.3 is 11.9 Å². The lowest BCUT2D eigenvalue weighted by Crippen LogP contribution is -2.41. The summed E-state index contributed by atoms with van der Waals surface area (Å²) >= 11 is 0. The number of aliphatic hydroxyl groups is 1. The summed E-state index contributed by atoms with van der Waals surface area (Å²) in [5.41, 5.74) is -1.32. The van der Waals surface area contributed by atoms with Crippen molar-refractivity contribution in [1.29, 1.82) is 0 Å². The minimum absolute atomic E-state index is 0.0367. The number of esters is 1. The van der Waals surface area contributed by atoms with Crippen LogP contribution in [0.15, 0.2) is 53.5 Å². The molecular formula is C27H33NO8. The molecular weight excluding hydrogens is 466 g/mol. The highest BCUT2D eigenvalue weighted by Gasteiger charge is 2.53. The van der Waals surface area contributed by atoms with Crippen LogP contribution in [-0.2, 0) is 19.1 Å². The highest BCUT2D eigenvalue weighted by atomic mass is 16.6. The van der Waals surface area contributed by atoms with Crippen LogP contribution in [0, 0.1) is 0 Å². The van der Waals surface area contributed by atoms with E-state index in [1.165, 1.54) is 7.11 Å². The Kier molecular flexibility index (Phi) is 8.57. The molecule has 194 valence electrons. The third kappa shape index (κ3) is 6.54. The lowest BCUT2D eigenvalue weighted by atomic mass is 9.84. The molecule has 0 fully saturated rings. The average molecular weight is 500 g/mol. The van der Waals surface area contributed by atoms with E-state index in [2.05, 4.69) is 4.99 Å². The van der Waals surface area contributed by atoms with E-state index in [0.717, 1.165) is 0 Å². The Morgan fingerprint density at radius 2 is 1.83 bits per heavy atom. The van der Waals surface area contributed by atoms with Crippen LogP contribution in [0.1, 0.15) is 57.3 Å². The van der Waals surface area contributed by atoms with Crippen molar-refractivity contribution in [2.45, 2.75) is 57.3 Å². The van der Waals surface area contributed by atoms with E-state index in [1.54, 1.807) is 69.3 Å². The summed E-state index contributed by atoms with van der Waals surface area (Å²) in [5.74, 6) is -0.431. The van der Waals surface area contributed by atoms with Crippen LogP contribution < -0.4 is 9.47 Å². The Morgan fingerprint density at radius 3 is 2.44 bits per heavy atom. The van der Waals surface area contributed by atoms with Crippen molar-refractivity contribution >= 4 is 17.8 Å². The second kappa shape index (κ2) is 11.4. The number of hydrogen-bond donors (Lipinski definition) is 2. The highest BCUT2D eigenvalue weighted by molar-refractivity contribution is 5.99. The molecule has 0 aromatic heterocycles. The van der Waals surface area contributed by atoms with Gasteiger partial charge < -0.3 is 29.2 Å². The summed E-state index contributed by atoms with van der Waals surface area (Å²) in [6, 6.07) is 13.8. The molecule has 0 saturated heterocycles.